The third kappa shape index (κ3) is 2.54. The smallest absolute Gasteiger partial charge is 0.130 e. The van der Waals surface area contributed by atoms with Crippen molar-refractivity contribution in [1.82, 2.24) is 8.75 Å². The Morgan fingerprint density at radius 2 is 2.06 bits per heavy atom. The molecular formula is C11H11Cl2N3S. The van der Waals surface area contributed by atoms with Gasteiger partial charge in [-0.1, -0.05) is 42.3 Å². The van der Waals surface area contributed by atoms with Crippen LogP contribution >= 0.6 is 34.9 Å². The van der Waals surface area contributed by atoms with E-state index in [9.17, 15) is 0 Å². The van der Waals surface area contributed by atoms with Crippen LogP contribution in [0, 0.1) is 0 Å². The molecule has 1 aromatic carbocycles. The predicted molar refractivity (Wildman–Crippen MR) is 75.4 cm³/mol. The number of hydrogen-bond donors (Lipinski definition) is 1. The van der Waals surface area contributed by atoms with E-state index in [1.807, 2.05) is 0 Å². The summed E-state index contributed by atoms with van der Waals surface area (Å²) in [5, 5.41) is 4.32. The van der Waals surface area contributed by atoms with Gasteiger partial charge in [0.2, 0.25) is 0 Å². The molecule has 0 spiro atoms. The SMILES string of the molecule is C=C(CC)CNc1c(Cl)cc(Cl)c2nsnc12. The Kier molecular flexibility index (Phi) is 3.86. The van der Waals surface area contributed by atoms with Crippen molar-refractivity contribution in [3.05, 3.63) is 28.3 Å². The van der Waals surface area contributed by atoms with Crippen LogP contribution in [0.3, 0.4) is 0 Å². The molecule has 0 saturated carbocycles. The van der Waals surface area contributed by atoms with Crippen LogP contribution in [-0.4, -0.2) is 15.3 Å². The first-order valence-electron chi connectivity index (χ1n) is 5.14. The second-order valence-electron chi connectivity index (χ2n) is 3.63. The van der Waals surface area contributed by atoms with Crippen LogP contribution in [0.15, 0.2) is 18.2 Å². The lowest BCUT2D eigenvalue weighted by Gasteiger charge is -2.10. The zero-order chi connectivity index (χ0) is 12.4. The van der Waals surface area contributed by atoms with Gasteiger partial charge in [0.1, 0.15) is 11.0 Å². The first-order chi connectivity index (χ1) is 8.13. The Bertz CT molecular complexity index is 565. The lowest BCUT2D eigenvalue weighted by Crippen LogP contribution is -2.04. The highest BCUT2D eigenvalue weighted by molar-refractivity contribution is 7.00. The zero-order valence-electron chi connectivity index (χ0n) is 9.26. The molecule has 0 aliphatic rings. The van der Waals surface area contributed by atoms with Gasteiger partial charge in [-0.25, -0.2) is 0 Å². The number of nitrogens with one attached hydrogen (secondary N) is 1. The van der Waals surface area contributed by atoms with Gasteiger partial charge in [0, 0.05) is 6.54 Å². The summed E-state index contributed by atoms with van der Waals surface area (Å²) in [6.45, 7) is 6.67. The summed E-state index contributed by atoms with van der Waals surface area (Å²) >= 11 is 13.3. The van der Waals surface area contributed by atoms with E-state index in [0.717, 1.165) is 34.9 Å². The molecule has 1 aromatic heterocycles. The number of halogens is 2. The average Bonchev–Trinajstić information content (AvgIpc) is 2.77. The maximum absolute atomic E-state index is 6.15. The van der Waals surface area contributed by atoms with E-state index in [1.54, 1.807) is 6.07 Å². The molecule has 2 rings (SSSR count). The standard InChI is InChI=1S/C11H11Cl2N3S/c1-3-6(2)5-14-9-7(12)4-8(13)10-11(9)16-17-15-10/h4,14H,2-3,5H2,1H3. The lowest BCUT2D eigenvalue weighted by molar-refractivity contribution is 1.05. The van der Waals surface area contributed by atoms with Crippen LogP contribution < -0.4 is 5.32 Å². The minimum Gasteiger partial charge on any atom is -0.378 e. The molecule has 3 nitrogen and oxygen atoms in total. The van der Waals surface area contributed by atoms with Gasteiger partial charge in [-0.15, -0.1) is 0 Å². The van der Waals surface area contributed by atoms with E-state index < -0.39 is 0 Å². The van der Waals surface area contributed by atoms with Gasteiger partial charge in [0.15, 0.2) is 0 Å². The van der Waals surface area contributed by atoms with Crippen molar-refractivity contribution < 1.29 is 0 Å². The van der Waals surface area contributed by atoms with Crippen molar-refractivity contribution in [2.24, 2.45) is 0 Å². The Balaban J connectivity index is 2.39. The number of rotatable bonds is 4. The Morgan fingerprint density at radius 3 is 2.76 bits per heavy atom. The molecule has 6 heteroatoms. The molecule has 2 aromatic rings. The van der Waals surface area contributed by atoms with Gasteiger partial charge in [-0.3, -0.25) is 0 Å². The highest BCUT2D eigenvalue weighted by atomic mass is 35.5. The molecule has 0 amide bonds. The van der Waals surface area contributed by atoms with Crippen molar-refractivity contribution in [1.29, 1.82) is 0 Å². The molecule has 17 heavy (non-hydrogen) atoms. The van der Waals surface area contributed by atoms with E-state index in [4.69, 9.17) is 23.2 Å². The van der Waals surface area contributed by atoms with Gasteiger partial charge < -0.3 is 5.32 Å². The van der Waals surface area contributed by atoms with Gasteiger partial charge in [-0.2, -0.15) is 8.75 Å². The molecule has 0 atom stereocenters. The highest BCUT2D eigenvalue weighted by Gasteiger charge is 2.13. The largest absolute Gasteiger partial charge is 0.378 e. The first kappa shape index (κ1) is 12.6. The van der Waals surface area contributed by atoms with Crippen LogP contribution in [0.1, 0.15) is 13.3 Å². The minimum atomic E-state index is 0.526. The summed E-state index contributed by atoms with van der Waals surface area (Å²) in [7, 11) is 0. The van der Waals surface area contributed by atoms with E-state index in [1.165, 1.54) is 0 Å². The second kappa shape index (κ2) is 5.21. The van der Waals surface area contributed by atoms with E-state index >= 15 is 0 Å². The molecular weight excluding hydrogens is 277 g/mol. The second-order valence-corrected chi connectivity index (χ2v) is 4.98. The van der Waals surface area contributed by atoms with Crippen molar-refractivity contribution >= 4 is 51.7 Å². The van der Waals surface area contributed by atoms with Crippen LogP contribution in [0.4, 0.5) is 5.69 Å². The summed E-state index contributed by atoms with van der Waals surface area (Å²) in [5.74, 6) is 0. The number of benzene rings is 1. The molecule has 0 bridgehead atoms. The molecule has 0 radical (unpaired) electrons. The number of hydrogen-bond acceptors (Lipinski definition) is 4. The summed E-state index contributed by atoms with van der Waals surface area (Å²) in [6.07, 6.45) is 0.927. The van der Waals surface area contributed by atoms with Gasteiger partial charge in [-0.05, 0) is 12.5 Å². The highest BCUT2D eigenvalue weighted by Crippen LogP contribution is 2.35. The van der Waals surface area contributed by atoms with Crippen LogP contribution in [0.25, 0.3) is 11.0 Å². The Labute approximate surface area is 114 Å². The van der Waals surface area contributed by atoms with Gasteiger partial charge in [0.25, 0.3) is 0 Å². The van der Waals surface area contributed by atoms with Gasteiger partial charge >= 0.3 is 0 Å². The fourth-order valence-corrected chi connectivity index (χ4v) is 2.56. The average molecular weight is 288 g/mol. The molecule has 0 saturated heterocycles. The van der Waals surface area contributed by atoms with Crippen molar-refractivity contribution in [3.63, 3.8) is 0 Å². The first-order valence-corrected chi connectivity index (χ1v) is 6.63. The maximum atomic E-state index is 6.15. The summed E-state index contributed by atoms with van der Waals surface area (Å²) in [4.78, 5) is 0. The number of aromatic nitrogens is 2. The number of anilines is 1. The van der Waals surface area contributed by atoms with Gasteiger partial charge in [0.05, 0.1) is 27.5 Å². The van der Waals surface area contributed by atoms with Crippen molar-refractivity contribution in [3.8, 4) is 0 Å². The fourth-order valence-electron chi connectivity index (χ4n) is 1.38. The molecule has 0 unspecified atom stereocenters. The summed E-state index contributed by atoms with van der Waals surface area (Å²) in [5.41, 5.74) is 3.28. The number of fused-ring (bicyclic) bond motifs is 1. The van der Waals surface area contributed by atoms with E-state index in [0.29, 0.717) is 22.1 Å². The van der Waals surface area contributed by atoms with Crippen molar-refractivity contribution in [2.75, 3.05) is 11.9 Å². The van der Waals surface area contributed by atoms with Crippen LogP contribution in [0.2, 0.25) is 10.0 Å². The van der Waals surface area contributed by atoms with Crippen LogP contribution in [0.5, 0.6) is 0 Å². The lowest BCUT2D eigenvalue weighted by atomic mass is 10.2. The third-order valence-electron chi connectivity index (χ3n) is 2.46. The number of nitrogens with zero attached hydrogens (tertiary/aromatic N) is 2. The summed E-state index contributed by atoms with van der Waals surface area (Å²) in [6, 6.07) is 1.68. The monoisotopic (exact) mass is 287 g/mol. The molecule has 1 heterocycles. The maximum Gasteiger partial charge on any atom is 0.130 e. The van der Waals surface area contributed by atoms with E-state index in [-0.39, 0.29) is 0 Å². The van der Waals surface area contributed by atoms with Crippen LogP contribution in [-0.2, 0) is 0 Å². The Morgan fingerprint density at radius 1 is 1.35 bits per heavy atom. The molecule has 0 aliphatic carbocycles. The molecule has 1 N–H and O–H groups in total. The molecule has 0 fully saturated rings. The zero-order valence-corrected chi connectivity index (χ0v) is 11.6. The molecule has 90 valence electrons. The van der Waals surface area contributed by atoms with E-state index in [2.05, 4.69) is 27.6 Å². The van der Waals surface area contributed by atoms with Crippen molar-refractivity contribution in [2.45, 2.75) is 13.3 Å². The topological polar surface area (TPSA) is 37.8 Å². The third-order valence-corrected chi connectivity index (χ3v) is 3.57. The normalized spacial score (nSPS) is 10.8. The Hall–Kier alpha value is -0.840. The minimum absolute atomic E-state index is 0.526. The quantitative estimate of drug-likeness (QED) is 0.848. The fraction of sp³-hybridized carbons (Fsp3) is 0.273. The molecule has 0 aliphatic heterocycles. The summed E-state index contributed by atoms with van der Waals surface area (Å²) < 4.78 is 8.36. The predicted octanol–water partition coefficient (Wildman–Crippen LogP) is 4.38.